The van der Waals surface area contributed by atoms with E-state index in [9.17, 15) is 19.5 Å². The monoisotopic (exact) mass is 495 g/mol. The number of carbonyl (C=O) groups is 3. The molecule has 0 spiro atoms. The second-order valence-corrected chi connectivity index (χ2v) is 9.23. The van der Waals surface area contributed by atoms with Crippen molar-refractivity contribution < 1.29 is 28.6 Å². The van der Waals surface area contributed by atoms with Crippen LogP contribution < -0.4 is 4.90 Å². The van der Waals surface area contributed by atoms with Crippen molar-refractivity contribution in [2.45, 2.75) is 32.9 Å². The molecule has 1 atom stereocenters. The Morgan fingerprint density at radius 1 is 0.973 bits per heavy atom. The SMILES string of the molecule is Cc1cccc(C2C(C(=O)c3cc4ccccc4o3)=C(O)C(=O)N2c2ccc(C(=O)OC(C)C)cc2)c1. The maximum atomic E-state index is 13.7. The zero-order chi connectivity index (χ0) is 26.3. The number of carbonyl (C=O) groups excluding carboxylic acids is 3. The van der Waals surface area contributed by atoms with Gasteiger partial charge in [-0.3, -0.25) is 14.5 Å². The largest absolute Gasteiger partial charge is 0.503 e. The lowest BCUT2D eigenvalue weighted by Gasteiger charge is -2.27. The topological polar surface area (TPSA) is 97.0 Å². The number of anilines is 1. The number of aliphatic hydroxyl groups is 1. The third-order valence-electron chi connectivity index (χ3n) is 6.18. The molecule has 3 aromatic carbocycles. The predicted molar refractivity (Wildman–Crippen MR) is 139 cm³/mol. The molecule has 1 aliphatic rings. The van der Waals surface area contributed by atoms with Crippen molar-refractivity contribution in [1.82, 2.24) is 0 Å². The van der Waals surface area contributed by atoms with Crippen LogP contribution in [0.1, 0.15) is 51.9 Å². The number of benzene rings is 3. The number of hydrogen-bond donors (Lipinski definition) is 1. The Balaban J connectivity index is 1.58. The number of amides is 1. The van der Waals surface area contributed by atoms with E-state index in [1.54, 1.807) is 62.4 Å². The normalized spacial score (nSPS) is 15.6. The molecular formula is C30H25NO6. The molecule has 0 aliphatic carbocycles. The smallest absolute Gasteiger partial charge is 0.338 e. The fraction of sp³-hybridized carbons (Fsp3) is 0.167. The highest BCUT2D eigenvalue weighted by Gasteiger charge is 2.45. The van der Waals surface area contributed by atoms with Gasteiger partial charge in [0.15, 0.2) is 11.5 Å². The van der Waals surface area contributed by atoms with Crippen molar-refractivity contribution in [3.63, 3.8) is 0 Å². The number of Topliss-reactive ketones (excluding diaryl/α,β-unsaturated/α-hetero) is 1. The lowest BCUT2D eigenvalue weighted by molar-refractivity contribution is -0.117. The Kier molecular flexibility index (Phi) is 6.13. The minimum atomic E-state index is -0.901. The van der Waals surface area contributed by atoms with Crippen LogP contribution in [-0.4, -0.2) is 28.9 Å². The van der Waals surface area contributed by atoms with Gasteiger partial charge in [-0.15, -0.1) is 0 Å². The molecule has 2 heterocycles. The van der Waals surface area contributed by atoms with E-state index in [0.29, 0.717) is 22.4 Å². The maximum absolute atomic E-state index is 13.7. The average molecular weight is 496 g/mol. The number of nitrogens with zero attached hydrogens (tertiary/aromatic N) is 1. The van der Waals surface area contributed by atoms with Gasteiger partial charge in [0, 0.05) is 11.1 Å². The summed E-state index contributed by atoms with van der Waals surface area (Å²) in [7, 11) is 0. The summed E-state index contributed by atoms with van der Waals surface area (Å²) in [5, 5.41) is 11.7. The van der Waals surface area contributed by atoms with Gasteiger partial charge in [0.25, 0.3) is 5.91 Å². The number of aliphatic hydroxyl groups excluding tert-OH is 1. The number of hydrogen-bond acceptors (Lipinski definition) is 6. The minimum Gasteiger partial charge on any atom is -0.503 e. The van der Waals surface area contributed by atoms with E-state index in [4.69, 9.17) is 9.15 Å². The third kappa shape index (κ3) is 4.40. The van der Waals surface area contributed by atoms with E-state index < -0.39 is 29.5 Å². The summed E-state index contributed by atoms with van der Waals surface area (Å²) in [6.45, 7) is 5.43. The van der Waals surface area contributed by atoms with Crippen molar-refractivity contribution in [1.29, 1.82) is 0 Å². The molecule has 186 valence electrons. The van der Waals surface area contributed by atoms with Crippen LogP contribution in [0.3, 0.4) is 0 Å². The van der Waals surface area contributed by atoms with Crippen LogP contribution in [0.15, 0.2) is 94.6 Å². The molecule has 1 N–H and O–H groups in total. The van der Waals surface area contributed by atoms with Crippen LogP contribution in [0.5, 0.6) is 0 Å². The number of aryl methyl sites for hydroxylation is 1. The van der Waals surface area contributed by atoms with E-state index in [-0.39, 0.29) is 17.4 Å². The first-order chi connectivity index (χ1) is 17.7. The highest BCUT2D eigenvalue weighted by Crippen LogP contribution is 2.42. The summed E-state index contributed by atoms with van der Waals surface area (Å²) < 4.78 is 11.0. The first-order valence-electron chi connectivity index (χ1n) is 11.9. The van der Waals surface area contributed by atoms with Gasteiger partial charge in [0.05, 0.1) is 23.3 Å². The quantitative estimate of drug-likeness (QED) is 0.257. The number of para-hydroxylation sites is 1. The Morgan fingerprint density at radius 2 is 1.70 bits per heavy atom. The molecule has 1 aromatic heterocycles. The zero-order valence-electron chi connectivity index (χ0n) is 20.6. The molecule has 1 aliphatic heterocycles. The van der Waals surface area contributed by atoms with E-state index in [0.717, 1.165) is 10.9 Å². The summed E-state index contributed by atoms with van der Waals surface area (Å²) in [4.78, 5) is 40.8. The molecule has 0 saturated carbocycles. The van der Waals surface area contributed by atoms with Crippen LogP contribution in [0.25, 0.3) is 11.0 Å². The fourth-order valence-electron chi connectivity index (χ4n) is 4.53. The van der Waals surface area contributed by atoms with Crippen LogP contribution >= 0.6 is 0 Å². The zero-order valence-corrected chi connectivity index (χ0v) is 20.6. The van der Waals surface area contributed by atoms with Gasteiger partial charge in [-0.2, -0.15) is 0 Å². The van der Waals surface area contributed by atoms with Crippen LogP contribution in [0.2, 0.25) is 0 Å². The summed E-state index contributed by atoms with van der Waals surface area (Å²) in [5.74, 6) is -2.38. The van der Waals surface area contributed by atoms with E-state index in [1.807, 2.05) is 37.3 Å². The molecule has 7 heteroatoms. The first kappa shape index (κ1) is 24.1. The summed E-state index contributed by atoms with van der Waals surface area (Å²) in [6.07, 6.45) is -0.272. The fourth-order valence-corrected chi connectivity index (χ4v) is 4.53. The van der Waals surface area contributed by atoms with Crippen molar-refractivity contribution >= 4 is 34.3 Å². The highest BCUT2D eigenvalue weighted by atomic mass is 16.5. The van der Waals surface area contributed by atoms with E-state index >= 15 is 0 Å². The second kappa shape index (κ2) is 9.43. The average Bonchev–Trinajstić information content (AvgIpc) is 3.42. The lowest BCUT2D eigenvalue weighted by Crippen LogP contribution is -2.31. The summed E-state index contributed by atoms with van der Waals surface area (Å²) in [6, 6.07) is 21.6. The van der Waals surface area contributed by atoms with Crippen LogP contribution in [-0.2, 0) is 9.53 Å². The Bertz CT molecular complexity index is 1530. The molecule has 0 bridgehead atoms. The molecule has 1 amide bonds. The molecule has 0 radical (unpaired) electrons. The molecule has 37 heavy (non-hydrogen) atoms. The third-order valence-corrected chi connectivity index (χ3v) is 6.18. The van der Waals surface area contributed by atoms with Crippen molar-refractivity contribution in [2.75, 3.05) is 4.90 Å². The van der Waals surface area contributed by atoms with Crippen molar-refractivity contribution in [2.24, 2.45) is 0 Å². The number of rotatable bonds is 6. The summed E-state index contributed by atoms with van der Waals surface area (Å²) in [5.41, 5.74) is 2.78. The molecular weight excluding hydrogens is 470 g/mol. The number of ether oxygens (including phenoxy) is 1. The second-order valence-electron chi connectivity index (χ2n) is 9.23. The minimum absolute atomic E-state index is 0.0295. The van der Waals surface area contributed by atoms with Gasteiger partial charge in [-0.05, 0) is 62.7 Å². The number of fused-ring (bicyclic) bond motifs is 1. The molecule has 0 saturated heterocycles. The van der Waals surface area contributed by atoms with Gasteiger partial charge >= 0.3 is 5.97 Å². The van der Waals surface area contributed by atoms with Gasteiger partial charge in [0.2, 0.25) is 5.78 Å². The summed E-state index contributed by atoms with van der Waals surface area (Å²) >= 11 is 0. The highest BCUT2D eigenvalue weighted by molar-refractivity contribution is 6.20. The van der Waals surface area contributed by atoms with Crippen molar-refractivity contribution in [3.05, 3.63) is 113 Å². The van der Waals surface area contributed by atoms with E-state index in [2.05, 4.69) is 0 Å². The molecule has 7 nitrogen and oxygen atoms in total. The van der Waals surface area contributed by atoms with Crippen molar-refractivity contribution in [3.8, 4) is 0 Å². The molecule has 5 rings (SSSR count). The number of ketones is 1. The lowest BCUT2D eigenvalue weighted by atomic mass is 9.93. The standard InChI is InChI=1S/C30H25NO6/c1-17(2)36-30(35)19-11-13-22(14-12-19)31-26(21-9-6-7-18(3)15-21)25(28(33)29(31)34)27(32)24-16-20-8-4-5-10-23(20)37-24/h4-17,26,33H,1-3H3. The van der Waals surface area contributed by atoms with Gasteiger partial charge < -0.3 is 14.3 Å². The predicted octanol–water partition coefficient (Wildman–Crippen LogP) is 6.09. The Morgan fingerprint density at radius 3 is 2.38 bits per heavy atom. The Hall–Kier alpha value is -4.65. The number of esters is 1. The molecule has 1 unspecified atom stereocenters. The first-order valence-corrected chi connectivity index (χ1v) is 11.9. The maximum Gasteiger partial charge on any atom is 0.338 e. The van der Waals surface area contributed by atoms with Gasteiger partial charge in [-0.1, -0.05) is 48.0 Å². The van der Waals surface area contributed by atoms with Gasteiger partial charge in [0.1, 0.15) is 5.58 Å². The molecule has 0 fully saturated rings. The van der Waals surface area contributed by atoms with Crippen LogP contribution in [0, 0.1) is 6.92 Å². The number of furan rings is 1. The van der Waals surface area contributed by atoms with Crippen LogP contribution in [0.4, 0.5) is 5.69 Å². The Labute approximate surface area is 213 Å². The molecule has 4 aromatic rings. The van der Waals surface area contributed by atoms with Gasteiger partial charge in [-0.25, -0.2) is 4.79 Å². The van der Waals surface area contributed by atoms with E-state index in [1.165, 1.54) is 4.90 Å².